The van der Waals surface area contributed by atoms with Crippen molar-refractivity contribution in [2.75, 3.05) is 6.79 Å². The van der Waals surface area contributed by atoms with Crippen LogP contribution in [0.15, 0.2) is 0 Å². The topological polar surface area (TPSA) is 18.5 Å². The largest absolute Gasteiger partial charge is 0.423 e. The third kappa shape index (κ3) is 5.05. The van der Waals surface area contributed by atoms with Crippen molar-refractivity contribution < 1.29 is 44.6 Å². The van der Waals surface area contributed by atoms with E-state index in [9.17, 15) is 26.3 Å². The van der Waals surface area contributed by atoms with Crippen LogP contribution in [0.25, 0.3) is 0 Å². The molecule has 0 aromatic rings. The van der Waals surface area contributed by atoms with E-state index in [0.29, 0.717) is 6.42 Å². The maximum Gasteiger partial charge on any atom is 0.423 e. The highest BCUT2D eigenvalue weighted by Crippen LogP contribution is 2.61. The summed E-state index contributed by atoms with van der Waals surface area (Å²) in [6.45, 7) is 5.99. The van der Waals surface area contributed by atoms with Gasteiger partial charge in [-0.1, -0.05) is 40.5 Å². The molecule has 2 fully saturated rings. The van der Waals surface area contributed by atoms with E-state index >= 15 is 8.78 Å². The minimum absolute atomic E-state index is 0.00911. The summed E-state index contributed by atoms with van der Waals surface area (Å²) in [6, 6.07) is 0. The van der Waals surface area contributed by atoms with Gasteiger partial charge in [0.15, 0.2) is 0 Å². The van der Waals surface area contributed by atoms with Gasteiger partial charge in [0.05, 0.1) is 6.10 Å². The quantitative estimate of drug-likeness (QED) is 0.278. The number of hydrogen-bond donors (Lipinski definition) is 0. The SMILES string of the molecule is CCC1CC(OCOC2CC(C)CCC2C(C)C)(C(F)(F)F)C(F)(F)C(C(C)(F)F)C1F. The summed E-state index contributed by atoms with van der Waals surface area (Å²) >= 11 is 0. The van der Waals surface area contributed by atoms with Gasteiger partial charge in [-0.3, -0.25) is 0 Å². The molecular weight excluding hydrogens is 448 g/mol. The molecule has 32 heavy (non-hydrogen) atoms. The summed E-state index contributed by atoms with van der Waals surface area (Å²) in [4.78, 5) is 0. The Labute approximate surface area is 184 Å². The number of rotatable bonds is 7. The highest BCUT2D eigenvalue weighted by Gasteiger charge is 2.80. The van der Waals surface area contributed by atoms with Crippen molar-refractivity contribution >= 4 is 0 Å². The first kappa shape index (κ1) is 27.6. The van der Waals surface area contributed by atoms with Gasteiger partial charge < -0.3 is 9.47 Å². The zero-order chi connectivity index (χ0) is 24.7. The molecule has 0 amide bonds. The standard InChI is InChI=1S/C22H34F8O2/c1-6-14-10-20(22(28,29)30,21(26,27)18(17(14)23)19(5,24)25)32-11-31-16-9-13(4)7-8-15(16)12(2)3/h12-18H,6-11H2,1-5H3. The minimum atomic E-state index is -5.71. The van der Waals surface area contributed by atoms with Crippen LogP contribution in [-0.4, -0.2) is 42.7 Å². The van der Waals surface area contributed by atoms with Gasteiger partial charge in [0.2, 0.25) is 5.60 Å². The maximum atomic E-state index is 15.2. The zero-order valence-corrected chi connectivity index (χ0v) is 19.1. The Balaban J connectivity index is 2.36. The molecule has 0 aromatic heterocycles. The smallest absolute Gasteiger partial charge is 0.352 e. The number of halogens is 8. The van der Waals surface area contributed by atoms with Crippen LogP contribution in [0.1, 0.15) is 66.7 Å². The third-order valence-electron chi connectivity index (χ3n) is 7.32. The summed E-state index contributed by atoms with van der Waals surface area (Å²) in [5.74, 6) is -14.3. The van der Waals surface area contributed by atoms with Gasteiger partial charge in [0.1, 0.15) is 18.9 Å². The normalized spacial score (nSPS) is 38.8. The molecule has 0 aliphatic heterocycles. The molecular formula is C22H34F8O2. The van der Waals surface area contributed by atoms with E-state index in [2.05, 4.69) is 0 Å². The fourth-order valence-corrected chi connectivity index (χ4v) is 5.38. The summed E-state index contributed by atoms with van der Waals surface area (Å²) in [5, 5.41) is 0. The molecule has 2 nitrogen and oxygen atoms in total. The molecule has 0 spiro atoms. The van der Waals surface area contributed by atoms with Gasteiger partial charge in [-0.05, 0) is 49.9 Å². The lowest BCUT2D eigenvalue weighted by molar-refractivity contribution is -0.407. The Morgan fingerprint density at radius 2 is 1.66 bits per heavy atom. The predicted molar refractivity (Wildman–Crippen MR) is 103 cm³/mol. The summed E-state index contributed by atoms with van der Waals surface area (Å²) in [7, 11) is 0. The predicted octanol–water partition coefficient (Wildman–Crippen LogP) is 7.41. The molecule has 0 N–H and O–H groups in total. The summed E-state index contributed by atoms with van der Waals surface area (Å²) in [6.07, 6.45) is -8.57. The van der Waals surface area contributed by atoms with Gasteiger partial charge in [-0.25, -0.2) is 22.0 Å². The van der Waals surface area contributed by atoms with Crippen LogP contribution in [0.4, 0.5) is 35.1 Å². The highest BCUT2D eigenvalue weighted by atomic mass is 19.4. The first-order valence-corrected chi connectivity index (χ1v) is 11.2. The van der Waals surface area contributed by atoms with E-state index in [0.717, 1.165) is 12.8 Å². The fraction of sp³-hybridized carbons (Fsp3) is 1.00. The van der Waals surface area contributed by atoms with Crippen molar-refractivity contribution in [3.05, 3.63) is 0 Å². The van der Waals surface area contributed by atoms with E-state index in [1.54, 1.807) is 0 Å². The molecule has 0 saturated heterocycles. The zero-order valence-electron chi connectivity index (χ0n) is 19.1. The molecule has 2 saturated carbocycles. The van der Waals surface area contributed by atoms with E-state index < -0.39 is 60.9 Å². The highest BCUT2D eigenvalue weighted by molar-refractivity contribution is 5.13. The van der Waals surface area contributed by atoms with Gasteiger partial charge in [-0.2, -0.15) is 13.2 Å². The molecule has 190 valence electrons. The molecule has 0 bridgehead atoms. The summed E-state index contributed by atoms with van der Waals surface area (Å²) in [5.41, 5.74) is -4.26. The van der Waals surface area contributed by atoms with E-state index in [1.807, 2.05) is 20.8 Å². The maximum absolute atomic E-state index is 15.2. The van der Waals surface area contributed by atoms with Crippen LogP contribution in [-0.2, 0) is 9.47 Å². The van der Waals surface area contributed by atoms with Crippen LogP contribution in [0.2, 0.25) is 0 Å². The van der Waals surface area contributed by atoms with Crippen molar-refractivity contribution in [1.82, 2.24) is 0 Å². The molecule has 7 atom stereocenters. The Bertz CT molecular complexity index is 618. The van der Waals surface area contributed by atoms with E-state index in [4.69, 9.17) is 9.47 Å². The summed E-state index contributed by atoms with van der Waals surface area (Å²) < 4.78 is 125. The lowest BCUT2D eigenvalue weighted by Crippen LogP contribution is -2.71. The average Bonchev–Trinajstić information content (AvgIpc) is 2.60. The number of ether oxygens (including phenoxy) is 2. The van der Waals surface area contributed by atoms with Crippen molar-refractivity contribution in [2.24, 2.45) is 29.6 Å². The average molecular weight is 482 g/mol. The van der Waals surface area contributed by atoms with E-state index in [1.165, 1.54) is 6.92 Å². The van der Waals surface area contributed by atoms with Crippen LogP contribution >= 0.6 is 0 Å². The van der Waals surface area contributed by atoms with Crippen molar-refractivity contribution in [1.29, 1.82) is 0 Å². The second-order valence-electron chi connectivity index (χ2n) is 9.99. The molecule has 0 aromatic carbocycles. The second-order valence-corrected chi connectivity index (χ2v) is 9.99. The number of alkyl halides is 8. The lowest BCUT2D eigenvalue weighted by atomic mass is 9.65. The van der Waals surface area contributed by atoms with Crippen LogP contribution in [0, 0.1) is 29.6 Å². The van der Waals surface area contributed by atoms with E-state index in [-0.39, 0.29) is 31.1 Å². The Kier molecular flexibility index (Phi) is 8.23. The first-order chi connectivity index (χ1) is 14.5. The second kappa shape index (κ2) is 9.55. The van der Waals surface area contributed by atoms with Gasteiger partial charge in [-0.15, -0.1) is 0 Å². The number of hydrogen-bond acceptors (Lipinski definition) is 2. The molecule has 2 aliphatic carbocycles. The van der Waals surface area contributed by atoms with Gasteiger partial charge >= 0.3 is 6.18 Å². The fourth-order valence-electron chi connectivity index (χ4n) is 5.38. The first-order valence-electron chi connectivity index (χ1n) is 11.2. The van der Waals surface area contributed by atoms with Crippen LogP contribution in [0.3, 0.4) is 0 Å². The van der Waals surface area contributed by atoms with Crippen molar-refractivity contribution in [3.63, 3.8) is 0 Å². The van der Waals surface area contributed by atoms with Crippen LogP contribution in [0.5, 0.6) is 0 Å². The van der Waals surface area contributed by atoms with Gasteiger partial charge in [0.25, 0.3) is 11.8 Å². The Morgan fingerprint density at radius 3 is 2.12 bits per heavy atom. The molecule has 7 unspecified atom stereocenters. The monoisotopic (exact) mass is 482 g/mol. The lowest BCUT2D eigenvalue weighted by Gasteiger charge is -2.52. The molecule has 0 radical (unpaired) electrons. The van der Waals surface area contributed by atoms with Crippen molar-refractivity contribution in [2.45, 2.75) is 103 Å². The molecule has 0 heterocycles. The molecule has 2 aliphatic rings. The van der Waals surface area contributed by atoms with Crippen LogP contribution < -0.4 is 0 Å². The Morgan fingerprint density at radius 1 is 1.06 bits per heavy atom. The van der Waals surface area contributed by atoms with Crippen molar-refractivity contribution in [3.8, 4) is 0 Å². The minimum Gasteiger partial charge on any atom is -0.352 e. The molecule has 2 rings (SSSR count). The van der Waals surface area contributed by atoms with Gasteiger partial charge in [0, 0.05) is 0 Å². The Hall–Kier alpha value is -0.640. The molecule has 10 heteroatoms. The third-order valence-corrected chi connectivity index (χ3v) is 7.32.